The number of aliphatic carboxylic acids is 1. The van der Waals surface area contributed by atoms with Crippen LogP contribution in [0.25, 0.3) is 0 Å². The van der Waals surface area contributed by atoms with Crippen LogP contribution < -0.4 is 0 Å². The van der Waals surface area contributed by atoms with Gasteiger partial charge in [0.1, 0.15) is 0 Å². The van der Waals surface area contributed by atoms with Gasteiger partial charge in [0.2, 0.25) is 0 Å². The first-order chi connectivity index (χ1) is 6.15. The highest BCUT2D eigenvalue weighted by Crippen LogP contribution is 2.10. The molecule has 0 aliphatic carbocycles. The minimum atomic E-state index is -0.735. The van der Waals surface area contributed by atoms with E-state index in [1.54, 1.807) is 0 Å². The van der Waals surface area contributed by atoms with Gasteiger partial charge in [0.15, 0.2) is 0 Å². The molecule has 0 spiro atoms. The molecule has 0 radical (unpaired) electrons. The molecule has 0 saturated carbocycles. The summed E-state index contributed by atoms with van der Waals surface area (Å²) in [5, 5.41) is 8.54. The summed E-state index contributed by atoms with van der Waals surface area (Å²) in [5.41, 5.74) is 2.31. The van der Waals surface area contributed by atoms with Crippen molar-refractivity contribution in [2.75, 3.05) is 0 Å². The third kappa shape index (κ3) is 2.34. The number of aromatic nitrogens is 1. The van der Waals surface area contributed by atoms with E-state index in [0.717, 1.165) is 12.2 Å². The maximum Gasteiger partial charge on any atom is 0.303 e. The summed E-state index contributed by atoms with van der Waals surface area (Å²) in [4.78, 5) is 10.4. The first kappa shape index (κ1) is 9.84. The number of rotatable bonds is 4. The SMILES string of the molecule is CCn1c(C)ccc1CCC(=O)O. The number of hydrogen-bond acceptors (Lipinski definition) is 1. The van der Waals surface area contributed by atoms with Gasteiger partial charge in [0.05, 0.1) is 6.42 Å². The molecule has 1 N–H and O–H groups in total. The summed E-state index contributed by atoms with van der Waals surface area (Å²) in [7, 11) is 0. The minimum Gasteiger partial charge on any atom is -0.481 e. The van der Waals surface area contributed by atoms with Crippen LogP contribution in [-0.2, 0) is 17.8 Å². The van der Waals surface area contributed by atoms with Crippen molar-refractivity contribution in [3.8, 4) is 0 Å². The predicted octanol–water partition coefficient (Wildman–Crippen LogP) is 1.83. The summed E-state index contributed by atoms with van der Waals surface area (Å²) >= 11 is 0. The van der Waals surface area contributed by atoms with E-state index in [9.17, 15) is 4.79 Å². The zero-order chi connectivity index (χ0) is 9.84. The molecule has 3 heteroatoms. The standard InChI is InChI=1S/C10H15NO2/c1-3-11-8(2)4-5-9(11)6-7-10(12)13/h4-5H,3,6-7H2,1-2H3,(H,12,13). The van der Waals surface area contributed by atoms with Gasteiger partial charge >= 0.3 is 5.97 Å². The highest BCUT2D eigenvalue weighted by atomic mass is 16.4. The largest absolute Gasteiger partial charge is 0.481 e. The summed E-state index contributed by atoms with van der Waals surface area (Å²) in [5.74, 6) is -0.735. The smallest absolute Gasteiger partial charge is 0.303 e. The van der Waals surface area contributed by atoms with Crippen LogP contribution in [0.3, 0.4) is 0 Å². The van der Waals surface area contributed by atoms with Crippen molar-refractivity contribution < 1.29 is 9.90 Å². The van der Waals surface area contributed by atoms with Crippen LogP contribution in [-0.4, -0.2) is 15.6 Å². The molecule has 0 bridgehead atoms. The lowest BCUT2D eigenvalue weighted by molar-refractivity contribution is -0.136. The second-order valence-electron chi connectivity index (χ2n) is 3.10. The van der Waals surface area contributed by atoms with E-state index in [2.05, 4.69) is 11.5 Å². The molecule has 72 valence electrons. The van der Waals surface area contributed by atoms with Crippen LogP contribution in [0.4, 0.5) is 0 Å². The van der Waals surface area contributed by atoms with Crippen molar-refractivity contribution in [1.29, 1.82) is 0 Å². The zero-order valence-electron chi connectivity index (χ0n) is 8.08. The number of carbonyl (C=O) groups is 1. The first-order valence-electron chi connectivity index (χ1n) is 4.52. The average Bonchev–Trinajstić information content (AvgIpc) is 2.42. The Balaban J connectivity index is 2.70. The summed E-state index contributed by atoms with van der Waals surface area (Å²) in [6.45, 7) is 5.01. The second kappa shape index (κ2) is 4.12. The van der Waals surface area contributed by atoms with E-state index in [1.165, 1.54) is 5.69 Å². The lowest BCUT2D eigenvalue weighted by atomic mass is 10.2. The van der Waals surface area contributed by atoms with E-state index in [-0.39, 0.29) is 6.42 Å². The Hall–Kier alpha value is -1.25. The zero-order valence-corrected chi connectivity index (χ0v) is 8.08. The topological polar surface area (TPSA) is 42.2 Å². The second-order valence-corrected chi connectivity index (χ2v) is 3.10. The molecule has 0 aliphatic heterocycles. The van der Waals surface area contributed by atoms with E-state index in [0.29, 0.717) is 6.42 Å². The highest BCUT2D eigenvalue weighted by molar-refractivity contribution is 5.66. The molecule has 1 rings (SSSR count). The summed E-state index contributed by atoms with van der Waals surface area (Å²) < 4.78 is 2.14. The summed E-state index contributed by atoms with van der Waals surface area (Å²) in [6.07, 6.45) is 0.834. The Bertz CT molecular complexity index is 302. The molecule has 0 amide bonds. The van der Waals surface area contributed by atoms with Crippen LogP contribution in [0, 0.1) is 6.92 Å². The van der Waals surface area contributed by atoms with Crippen molar-refractivity contribution in [2.45, 2.75) is 33.2 Å². The number of nitrogens with zero attached hydrogens (tertiary/aromatic N) is 1. The van der Waals surface area contributed by atoms with Crippen molar-refractivity contribution in [3.05, 3.63) is 23.5 Å². The molecular weight excluding hydrogens is 166 g/mol. The molecule has 13 heavy (non-hydrogen) atoms. The van der Waals surface area contributed by atoms with E-state index < -0.39 is 5.97 Å². The molecule has 1 aromatic rings. The molecule has 3 nitrogen and oxygen atoms in total. The number of carboxylic acid groups (broad SMARTS) is 1. The Morgan fingerprint density at radius 3 is 2.77 bits per heavy atom. The Morgan fingerprint density at radius 1 is 1.54 bits per heavy atom. The van der Waals surface area contributed by atoms with Gasteiger partial charge in [-0.3, -0.25) is 4.79 Å². The molecule has 1 heterocycles. The lowest BCUT2D eigenvalue weighted by Gasteiger charge is -2.07. The van der Waals surface area contributed by atoms with Gasteiger partial charge in [-0.05, 0) is 32.4 Å². The van der Waals surface area contributed by atoms with E-state index in [1.807, 2.05) is 19.1 Å². The van der Waals surface area contributed by atoms with Gasteiger partial charge in [-0.25, -0.2) is 0 Å². The van der Waals surface area contributed by atoms with Crippen LogP contribution in [0.2, 0.25) is 0 Å². The van der Waals surface area contributed by atoms with Crippen molar-refractivity contribution in [2.24, 2.45) is 0 Å². The first-order valence-corrected chi connectivity index (χ1v) is 4.52. The monoisotopic (exact) mass is 181 g/mol. The molecule has 0 fully saturated rings. The fourth-order valence-corrected chi connectivity index (χ4v) is 1.53. The van der Waals surface area contributed by atoms with Crippen LogP contribution >= 0.6 is 0 Å². The van der Waals surface area contributed by atoms with Gasteiger partial charge in [-0.2, -0.15) is 0 Å². The predicted molar refractivity (Wildman–Crippen MR) is 50.8 cm³/mol. The molecule has 0 atom stereocenters. The van der Waals surface area contributed by atoms with Gasteiger partial charge in [0, 0.05) is 17.9 Å². The molecule has 0 aromatic carbocycles. The Kier molecular flexibility index (Phi) is 3.12. The Labute approximate surface area is 78.0 Å². The normalized spacial score (nSPS) is 10.3. The number of aryl methyl sites for hydroxylation is 2. The highest BCUT2D eigenvalue weighted by Gasteiger charge is 2.05. The van der Waals surface area contributed by atoms with Crippen molar-refractivity contribution in [3.63, 3.8) is 0 Å². The molecular formula is C10H15NO2. The van der Waals surface area contributed by atoms with Gasteiger partial charge in [0.25, 0.3) is 0 Å². The third-order valence-electron chi connectivity index (χ3n) is 2.20. The van der Waals surface area contributed by atoms with E-state index in [4.69, 9.17) is 5.11 Å². The van der Waals surface area contributed by atoms with Crippen LogP contribution in [0.15, 0.2) is 12.1 Å². The molecule has 0 aliphatic rings. The maximum atomic E-state index is 10.4. The van der Waals surface area contributed by atoms with Crippen molar-refractivity contribution >= 4 is 5.97 Å². The fourth-order valence-electron chi connectivity index (χ4n) is 1.53. The molecule has 1 aromatic heterocycles. The van der Waals surface area contributed by atoms with Crippen LogP contribution in [0.1, 0.15) is 24.7 Å². The van der Waals surface area contributed by atoms with E-state index >= 15 is 0 Å². The van der Waals surface area contributed by atoms with Gasteiger partial charge in [-0.15, -0.1) is 0 Å². The number of carboxylic acids is 1. The molecule has 0 unspecified atom stereocenters. The number of hydrogen-bond donors (Lipinski definition) is 1. The lowest BCUT2D eigenvalue weighted by Crippen LogP contribution is -2.05. The quantitative estimate of drug-likeness (QED) is 0.770. The maximum absolute atomic E-state index is 10.4. The van der Waals surface area contributed by atoms with Crippen LogP contribution in [0.5, 0.6) is 0 Å². The fraction of sp³-hybridized carbons (Fsp3) is 0.500. The molecule has 0 saturated heterocycles. The Morgan fingerprint density at radius 2 is 2.23 bits per heavy atom. The third-order valence-corrected chi connectivity index (χ3v) is 2.20. The minimum absolute atomic E-state index is 0.212. The van der Waals surface area contributed by atoms with Crippen molar-refractivity contribution in [1.82, 2.24) is 4.57 Å². The van der Waals surface area contributed by atoms with Gasteiger partial charge < -0.3 is 9.67 Å². The summed E-state index contributed by atoms with van der Waals surface area (Å²) in [6, 6.07) is 4.03. The van der Waals surface area contributed by atoms with Gasteiger partial charge in [-0.1, -0.05) is 0 Å². The average molecular weight is 181 g/mol.